The number of carbonyl (C=O) groups excluding carboxylic acids is 1. The molecular formula is C28H34N2O5S. The van der Waals surface area contributed by atoms with Gasteiger partial charge in [-0.1, -0.05) is 63.2 Å². The van der Waals surface area contributed by atoms with Crippen LogP contribution in [0.1, 0.15) is 44.9 Å². The Labute approximate surface area is 214 Å². The minimum absolute atomic E-state index is 0.0209. The van der Waals surface area contributed by atoms with Crippen molar-refractivity contribution in [1.82, 2.24) is 5.32 Å². The van der Waals surface area contributed by atoms with Crippen LogP contribution in [0.25, 0.3) is 0 Å². The highest BCUT2D eigenvalue weighted by Crippen LogP contribution is 2.35. The molecule has 7 nitrogen and oxygen atoms in total. The summed E-state index contributed by atoms with van der Waals surface area (Å²) in [4.78, 5) is 13.2. The topological polar surface area (TPSA) is 84.9 Å². The Morgan fingerprint density at radius 2 is 1.58 bits per heavy atom. The van der Waals surface area contributed by atoms with E-state index in [1.165, 1.54) is 31.9 Å². The van der Waals surface area contributed by atoms with E-state index in [0.717, 1.165) is 9.87 Å². The number of methoxy groups -OCH3 is 2. The summed E-state index contributed by atoms with van der Waals surface area (Å²) in [5.74, 6) is 0.285. The second-order valence-electron chi connectivity index (χ2n) is 9.52. The lowest BCUT2D eigenvalue weighted by atomic mass is 9.86. The second-order valence-corrected chi connectivity index (χ2v) is 11.4. The van der Waals surface area contributed by atoms with E-state index in [9.17, 15) is 13.2 Å². The van der Waals surface area contributed by atoms with E-state index in [-0.39, 0.29) is 22.0 Å². The molecule has 0 heterocycles. The van der Waals surface area contributed by atoms with Gasteiger partial charge in [0.15, 0.2) is 0 Å². The van der Waals surface area contributed by atoms with E-state index in [1.54, 1.807) is 36.4 Å². The molecule has 0 saturated carbocycles. The monoisotopic (exact) mass is 510 g/mol. The van der Waals surface area contributed by atoms with Crippen LogP contribution in [0.4, 0.5) is 5.69 Å². The van der Waals surface area contributed by atoms with Crippen molar-refractivity contribution in [3.8, 4) is 11.5 Å². The highest BCUT2D eigenvalue weighted by molar-refractivity contribution is 7.92. The molecule has 1 amide bonds. The molecule has 3 aromatic carbocycles. The summed E-state index contributed by atoms with van der Waals surface area (Å²) in [6.45, 7) is 7.85. The third-order valence-electron chi connectivity index (χ3n) is 5.93. The van der Waals surface area contributed by atoms with Gasteiger partial charge in [0.2, 0.25) is 5.91 Å². The van der Waals surface area contributed by atoms with Crippen molar-refractivity contribution in [2.24, 2.45) is 0 Å². The molecule has 3 aromatic rings. The summed E-state index contributed by atoms with van der Waals surface area (Å²) in [6.07, 6.45) is 0. The molecule has 0 fully saturated rings. The summed E-state index contributed by atoms with van der Waals surface area (Å²) in [5.41, 5.74) is 2.34. The van der Waals surface area contributed by atoms with Gasteiger partial charge in [0.25, 0.3) is 10.0 Å². The van der Waals surface area contributed by atoms with Crippen LogP contribution in [-0.4, -0.2) is 35.1 Å². The maximum atomic E-state index is 13.7. The third-order valence-corrected chi connectivity index (χ3v) is 7.70. The molecule has 0 spiro atoms. The fraction of sp³-hybridized carbons (Fsp3) is 0.321. The predicted molar refractivity (Wildman–Crippen MR) is 142 cm³/mol. The number of nitrogens with one attached hydrogen (secondary N) is 1. The molecule has 0 unspecified atom stereocenters. The summed E-state index contributed by atoms with van der Waals surface area (Å²) in [7, 11) is -1.16. The van der Waals surface area contributed by atoms with Crippen molar-refractivity contribution in [2.45, 2.75) is 44.0 Å². The Kier molecular flexibility index (Phi) is 8.30. The normalized spacial score (nSPS) is 12.5. The maximum absolute atomic E-state index is 13.7. The van der Waals surface area contributed by atoms with E-state index in [4.69, 9.17) is 9.47 Å². The Morgan fingerprint density at radius 3 is 2.14 bits per heavy atom. The smallest absolute Gasteiger partial charge is 0.264 e. The average Bonchev–Trinajstić information content (AvgIpc) is 2.86. The highest BCUT2D eigenvalue weighted by Gasteiger charge is 2.30. The fourth-order valence-electron chi connectivity index (χ4n) is 3.78. The van der Waals surface area contributed by atoms with Gasteiger partial charge < -0.3 is 14.8 Å². The SMILES string of the molecule is COc1ccc(OC)c(N(CC(=O)N[C@@H](C)c2ccc(C(C)(C)C)cc2)S(=O)(=O)c2ccccc2)c1. The summed E-state index contributed by atoms with van der Waals surface area (Å²) in [5, 5.41) is 2.93. The Bertz CT molecular complexity index is 1280. The van der Waals surface area contributed by atoms with Gasteiger partial charge in [-0.3, -0.25) is 9.10 Å². The summed E-state index contributed by atoms with van der Waals surface area (Å²) >= 11 is 0. The molecule has 1 N–H and O–H groups in total. The van der Waals surface area contributed by atoms with Gasteiger partial charge >= 0.3 is 0 Å². The Morgan fingerprint density at radius 1 is 0.944 bits per heavy atom. The minimum atomic E-state index is -4.09. The molecule has 0 aliphatic rings. The first-order valence-corrected chi connectivity index (χ1v) is 13.1. The molecule has 8 heteroatoms. The van der Waals surface area contributed by atoms with E-state index < -0.39 is 22.5 Å². The second kappa shape index (κ2) is 11.0. The first-order chi connectivity index (χ1) is 17.0. The zero-order chi connectivity index (χ0) is 26.5. The standard InChI is InChI=1S/C28H34N2O5S/c1-20(21-12-14-22(15-13-21)28(2,3)4)29-27(31)19-30(36(32,33)24-10-8-7-9-11-24)25-18-23(34-5)16-17-26(25)35-6/h7-18,20H,19H2,1-6H3,(H,29,31)/t20-/m0/s1. The van der Waals surface area contributed by atoms with Crippen molar-refractivity contribution in [3.63, 3.8) is 0 Å². The number of nitrogens with zero attached hydrogens (tertiary/aromatic N) is 1. The van der Waals surface area contributed by atoms with Crippen LogP contribution in [-0.2, 0) is 20.2 Å². The molecule has 1 atom stereocenters. The molecule has 0 saturated heterocycles. The zero-order valence-electron chi connectivity index (χ0n) is 21.6. The summed E-state index contributed by atoms with van der Waals surface area (Å²) < 4.78 is 39.1. The van der Waals surface area contributed by atoms with Crippen molar-refractivity contribution < 1.29 is 22.7 Å². The number of carbonyl (C=O) groups is 1. The van der Waals surface area contributed by atoms with E-state index in [1.807, 2.05) is 31.2 Å². The number of ether oxygens (including phenoxy) is 2. The minimum Gasteiger partial charge on any atom is -0.497 e. The number of rotatable bonds is 9. The average molecular weight is 511 g/mol. The molecule has 3 rings (SSSR count). The van der Waals surface area contributed by atoms with Gasteiger partial charge in [-0.15, -0.1) is 0 Å². The van der Waals surface area contributed by atoms with E-state index >= 15 is 0 Å². The molecule has 0 bridgehead atoms. The number of hydrogen-bond donors (Lipinski definition) is 1. The van der Waals surface area contributed by atoms with Crippen molar-refractivity contribution >= 4 is 21.6 Å². The van der Waals surface area contributed by atoms with Gasteiger partial charge in [-0.25, -0.2) is 8.42 Å². The van der Waals surface area contributed by atoms with Crippen LogP contribution in [0.15, 0.2) is 77.7 Å². The van der Waals surface area contributed by atoms with Crippen LogP contribution in [0.2, 0.25) is 0 Å². The number of amides is 1. The largest absolute Gasteiger partial charge is 0.497 e. The van der Waals surface area contributed by atoms with Crippen LogP contribution >= 0.6 is 0 Å². The van der Waals surface area contributed by atoms with Gasteiger partial charge in [-0.2, -0.15) is 0 Å². The maximum Gasteiger partial charge on any atom is 0.264 e. The van der Waals surface area contributed by atoms with Crippen molar-refractivity contribution in [1.29, 1.82) is 0 Å². The van der Waals surface area contributed by atoms with E-state index in [0.29, 0.717) is 11.5 Å². The predicted octanol–water partition coefficient (Wildman–Crippen LogP) is 5.07. The van der Waals surface area contributed by atoms with Gasteiger partial charge in [-0.05, 0) is 47.7 Å². The van der Waals surface area contributed by atoms with Crippen LogP contribution < -0.4 is 19.1 Å². The molecule has 0 aliphatic heterocycles. The van der Waals surface area contributed by atoms with Crippen molar-refractivity contribution in [3.05, 3.63) is 83.9 Å². The van der Waals surface area contributed by atoms with Crippen LogP contribution in [0, 0.1) is 0 Å². The lowest BCUT2D eigenvalue weighted by molar-refractivity contribution is -0.120. The quantitative estimate of drug-likeness (QED) is 0.434. The Hall–Kier alpha value is -3.52. The molecule has 192 valence electrons. The molecule has 0 aliphatic carbocycles. The number of sulfonamides is 1. The molecule has 36 heavy (non-hydrogen) atoms. The first kappa shape index (κ1) is 27.1. The lowest BCUT2D eigenvalue weighted by Crippen LogP contribution is -2.41. The zero-order valence-corrected chi connectivity index (χ0v) is 22.4. The molecule has 0 aromatic heterocycles. The van der Waals surface area contributed by atoms with E-state index in [2.05, 4.69) is 26.1 Å². The molecular weight excluding hydrogens is 476 g/mol. The van der Waals surface area contributed by atoms with Crippen molar-refractivity contribution in [2.75, 3.05) is 25.1 Å². The van der Waals surface area contributed by atoms with Crippen LogP contribution in [0.5, 0.6) is 11.5 Å². The Balaban J connectivity index is 1.93. The number of anilines is 1. The lowest BCUT2D eigenvalue weighted by Gasteiger charge is -2.27. The third kappa shape index (κ3) is 6.18. The van der Waals surface area contributed by atoms with Gasteiger partial charge in [0, 0.05) is 6.07 Å². The van der Waals surface area contributed by atoms with Crippen LogP contribution in [0.3, 0.4) is 0 Å². The first-order valence-electron chi connectivity index (χ1n) is 11.7. The van der Waals surface area contributed by atoms with Gasteiger partial charge in [0.1, 0.15) is 18.0 Å². The fourth-order valence-corrected chi connectivity index (χ4v) is 5.23. The number of hydrogen-bond acceptors (Lipinski definition) is 5. The number of benzene rings is 3. The molecule has 0 radical (unpaired) electrons. The van der Waals surface area contributed by atoms with Gasteiger partial charge in [0.05, 0.1) is 30.8 Å². The summed E-state index contributed by atoms with van der Waals surface area (Å²) in [6, 6.07) is 20.5. The highest BCUT2D eigenvalue weighted by atomic mass is 32.2.